The standard InChI is InChI=1S/C16H25N5O2/c1-16(6-4-10-23-16)12-21-15(17-2)20-9-8-19-14(22)13-5-3-7-18-11-13/h3,5,7,11H,4,6,8-10,12H2,1-2H3,(H,19,22)(H2,17,20,21). The number of ether oxygens (including phenoxy) is 1. The number of pyridine rings is 1. The van der Waals surface area contributed by atoms with Gasteiger partial charge in [0.15, 0.2) is 5.96 Å². The highest BCUT2D eigenvalue weighted by Gasteiger charge is 2.29. The van der Waals surface area contributed by atoms with Crippen LogP contribution in [0.2, 0.25) is 0 Å². The Balaban J connectivity index is 1.65. The van der Waals surface area contributed by atoms with Gasteiger partial charge in [0, 0.05) is 45.7 Å². The fraction of sp³-hybridized carbons (Fsp3) is 0.562. The predicted octanol–water partition coefficient (Wildman–Crippen LogP) is 0.545. The fourth-order valence-corrected chi connectivity index (χ4v) is 2.42. The second kappa shape index (κ2) is 8.47. The van der Waals surface area contributed by atoms with E-state index in [1.165, 1.54) is 0 Å². The molecule has 0 aromatic carbocycles. The maximum absolute atomic E-state index is 11.9. The van der Waals surface area contributed by atoms with E-state index in [9.17, 15) is 4.79 Å². The van der Waals surface area contributed by atoms with Gasteiger partial charge in [0.25, 0.3) is 5.91 Å². The lowest BCUT2D eigenvalue weighted by Gasteiger charge is -2.24. The van der Waals surface area contributed by atoms with Crippen LogP contribution in [0.4, 0.5) is 0 Å². The monoisotopic (exact) mass is 319 g/mol. The molecule has 1 atom stereocenters. The molecule has 1 aliphatic rings. The molecule has 3 N–H and O–H groups in total. The summed E-state index contributed by atoms with van der Waals surface area (Å²) in [4.78, 5) is 20.0. The number of rotatable bonds is 6. The van der Waals surface area contributed by atoms with E-state index < -0.39 is 0 Å². The van der Waals surface area contributed by atoms with Gasteiger partial charge in [-0.15, -0.1) is 0 Å². The van der Waals surface area contributed by atoms with Crippen LogP contribution >= 0.6 is 0 Å². The van der Waals surface area contributed by atoms with E-state index in [1.807, 2.05) is 0 Å². The van der Waals surface area contributed by atoms with Crippen LogP contribution < -0.4 is 16.0 Å². The largest absolute Gasteiger partial charge is 0.373 e. The average Bonchev–Trinajstić information content (AvgIpc) is 3.01. The summed E-state index contributed by atoms with van der Waals surface area (Å²) >= 11 is 0. The average molecular weight is 319 g/mol. The second-order valence-electron chi connectivity index (χ2n) is 5.75. The first-order valence-electron chi connectivity index (χ1n) is 7.90. The molecule has 0 bridgehead atoms. The zero-order valence-electron chi connectivity index (χ0n) is 13.8. The van der Waals surface area contributed by atoms with Crippen molar-refractivity contribution in [3.63, 3.8) is 0 Å². The molecule has 126 valence electrons. The quantitative estimate of drug-likeness (QED) is 0.405. The van der Waals surface area contributed by atoms with Crippen molar-refractivity contribution >= 4 is 11.9 Å². The number of hydrogen-bond donors (Lipinski definition) is 3. The van der Waals surface area contributed by atoms with E-state index >= 15 is 0 Å². The molecule has 0 saturated carbocycles. The molecule has 1 unspecified atom stereocenters. The van der Waals surface area contributed by atoms with Gasteiger partial charge in [0.1, 0.15) is 0 Å². The number of guanidine groups is 1. The van der Waals surface area contributed by atoms with Crippen LogP contribution in [0, 0.1) is 0 Å². The minimum atomic E-state index is -0.130. The van der Waals surface area contributed by atoms with Crippen LogP contribution in [0.15, 0.2) is 29.5 Å². The minimum absolute atomic E-state index is 0.119. The fourth-order valence-electron chi connectivity index (χ4n) is 2.42. The molecule has 1 aliphatic heterocycles. The Bertz CT molecular complexity index is 527. The first-order valence-corrected chi connectivity index (χ1v) is 7.90. The zero-order valence-corrected chi connectivity index (χ0v) is 13.8. The molecule has 2 heterocycles. The number of carbonyl (C=O) groups is 1. The summed E-state index contributed by atoms with van der Waals surface area (Å²) in [6.45, 7) is 4.74. The molecule has 7 heteroatoms. The summed E-state index contributed by atoms with van der Waals surface area (Å²) in [6, 6.07) is 3.48. The van der Waals surface area contributed by atoms with Crippen molar-refractivity contribution in [1.82, 2.24) is 20.9 Å². The van der Waals surface area contributed by atoms with Crippen molar-refractivity contribution in [2.24, 2.45) is 4.99 Å². The van der Waals surface area contributed by atoms with Crippen molar-refractivity contribution < 1.29 is 9.53 Å². The molecule has 1 fully saturated rings. The molecule has 1 saturated heterocycles. The number of nitrogens with one attached hydrogen (secondary N) is 3. The second-order valence-corrected chi connectivity index (χ2v) is 5.75. The molecule has 7 nitrogen and oxygen atoms in total. The zero-order chi connectivity index (χ0) is 16.5. The summed E-state index contributed by atoms with van der Waals surface area (Å²) in [6.07, 6.45) is 5.34. The highest BCUT2D eigenvalue weighted by Crippen LogP contribution is 2.23. The Kier molecular flexibility index (Phi) is 6.34. The van der Waals surface area contributed by atoms with Gasteiger partial charge in [-0.2, -0.15) is 0 Å². The van der Waals surface area contributed by atoms with E-state index in [0.717, 1.165) is 19.4 Å². The van der Waals surface area contributed by atoms with Crippen LogP contribution in [-0.2, 0) is 4.74 Å². The van der Waals surface area contributed by atoms with Gasteiger partial charge >= 0.3 is 0 Å². The third kappa shape index (κ3) is 5.52. The van der Waals surface area contributed by atoms with Crippen molar-refractivity contribution in [2.75, 3.05) is 33.3 Å². The third-order valence-electron chi connectivity index (χ3n) is 3.78. The third-order valence-corrected chi connectivity index (χ3v) is 3.78. The Morgan fingerprint density at radius 3 is 2.87 bits per heavy atom. The van der Waals surface area contributed by atoms with Crippen molar-refractivity contribution in [2.45, 2.75) is 25.4 Å². The van der Waals surface area contributed by atoms with Gasteiger partial charge in [-0.1, -0.05) is 0 Å². The van der Waals surface area contributed by atoms with Crippen LogP contribution in [0.5, 0.6) is 0 Å². The Morgan fingerprint density at radius 1 is 1.39 bits per heavy atom. The molecule has 0 spiro atoms. The molecular weight excluding hydrogens is 294 g/mol. The van der Waals surface area contributed by atoms with Crippen molar-refractivity contribution in [3.05, 3.63) is 30.1 Å². The topological polar surface area (TPSA) is 87.6 Å². The van der Waals surface area contributed by atoms with Crippen LogP contribution in [0.3, 0.4) is 0 Å². The van der Waals surface area contributed by atoms with Crippen LogP contribution in [-0.4, -0.2) is 55.7 Å². The highest BCUT2D eigenvalue weighted by atomic mass is 16.5. The van der Waals surface area contributed by atoms with E-state index in [4.69, 9.17) is 4.74 Å². The van der Waals surface area contributed by atoms with Crippen LogP contribution in [0.1, 0.15) is 30.1 Å². The highest BCUT2D eigenvalue weighted by molar-refractivity contribution is 5.93. The predicted molar refractivity (Wildman–Crippen MR) is 89.5 cm³/mol. The van der Waals surface area contributed by atoms with E-state index in [1.54, 1.807) is 31.6 Å². The Hall–Kier alpha value is -2.15. The van der Waals surface area contributed by atoms with Crippen molar-refractivity contribution in [1.29, 1.82) is 0 Å². The number of aromatic nitrogens is 1. The summed E-state index contributed by atoms with van der Waals surface area (Å²) in [7, 11) is 1.72. The van der Waals surface area contributed by atoms with Gasteiger partial charge in [0.2, 0.25) is 0 Å². The molecule has 1 amide bonds. The normalized spacial score (nSPS) is 21.0. The van der Waals surface area contributed by atoms with Gasteiger partial charge in [0.05, 0.1) is 11.2 Å². The van der Waals surface area contributed by atoms with Gasteiger partial charge < -0.3 is 20.7 Å². The van der Waals surface area contributed by atoms with E-state index in [0.29, 0.717) is 31.2 Å². The number of amides is 1. The lowest BCUT2D eigenvalue weighted by atomic mass is 10.0. The van der Waals surface area contributed by atoms with E-state index in [2.05, 4.69) is 32.9 Å². The number of carbonyl (C=O) groups excluding carboxylic acids is 1. The summed E-state index contributed by atoms with van der Waals surface area (Å²) in [5.41, 5.74) is 0.438. The van der Waals surface area contributed by atoms with Gasteiger partial charge in [-0.25, -0.2) is 0 Å². The lowest BCUT2D eigenvalue weighted by molar-refractivity contribution is 0.0243. The molecule has 0 aliphatic carbocycles. The van der Waals surface area contributed by atoms with Gasteiger partial charge in [-0.3, -0.25) is 14.8 Å². The van der Waals surface area contributed by atoms with Crippen molar-refractivity contribution in [3.8, 4) is 0 Å². The molecule has 23 heavy (non-hydrogen) atoms. The number of aliphatic imine (C=N–C) groups is 1. The van der Waals surface area contributed by atoms with Gasteiger partial charge in [-0.05, 0) is 31.9 Å². The van der Waals surface area contributed by atoms with Crippen LogP contribution in [0.25, 0.3) is 0 Å². The minimum Gasteiger partial charge on any atom is -0.373 e. The maximum atomic E-state index is 11.9. The molecule has 1 aromatic rings. The SMILES string of the molecule is CN=C(NCCNC(=O)c1cccnc1)NCC1(C)CCCO1. The smallest absolute Gasteiger partial charge is 0.252 e. The molecule has 2 rings (SSSR count). The summed E-state index contributed by atoms with van der Waals surface area (Å²) < 4.78 is 5.73. The molecule has 1 aromatic heterocycles. The number of hydrogen-bond acceptors (Lipinski definition) is 4. The summed E-state index contributed by atoms with van der Waals surface area (Å²) in [5, 5.41) is 9.27. The maximum Gasteiger partial charge on any atom is 0.252 e. The first-order chi connectivity index (χ1) is 11.1. The Morgan fingerprint density at radius 2 is 2.22 bits per heavy atom. The molecule has 0 radical (unpaired) electrons. The Labute approximate surface area is 136 Å². The first kappa shape index (κ1) is 17.2. The number of nitrogens with zero attached hydrogens (tertiary/aromatic N) is 2. The van der Waals surface area contributed by atoms with E-state index in [-0.39, 0.29) is 11.5 Å². The molecular formula is C16H25N5O2. The lowest BCUT2D eigenvalue weighted by Crippen LogP contribution is -2.47. The summed E-state index contributed by atoms with van der Waals surface area (Å²) in [5.74, 6) is 0.576.